The van der Waals surface area contributed by atoms with E-state index in [-0.39, 0.29) is 44.3 Å². The molecule has 0 unspecified atom stereocenters. The van der Waals surface area contributed by atoms with Crippen LogP contribution in [0.25, 0.3) is 0 Å². The summed E-state index contributed by atoms with van der Waals surface area (Å²) in [5, 5.41) is 0. The van der Waals surface area contributed by atoms with E-state index in [1.165, 1.54) is 0 Å². The van der Waals surface area contributed by atoms with Gasteiger partial charge in [-0.15, -0.1) is 0 Å². The number of ether oxygens (including phenoxy) is 4. The van der Waals surface area contributed by atoms with Gasteiger partial charge in [-0.3, -0.25) is 29.0 Å². The molecule has 0 spiro atoms. The molecule has 2 atom stereocenters. The molecule has 1 aliphatic carbocycles. The second-order valence-electron chi connectivity index (χ2n) is 16.3. The lowest BCUT2D eigenvalue weighted by Gasteiger charge is -2.44. The third kappa shape index (κ3) is 14.4. The first kappa shape index (κ1) is 43.4. The minimum absolute atomic E-state index is 0.0158. The van der Waals surface area contributed by atoms with Crippen LogP contribution in [0.15, 0.2) is 30.3 Å². The average molecular weight is 753 g/mol. The molecular weight excluding hydrogens is 700 g/mol. The molecule has 0 N–H and O–H groups in total. The summed E-state index contributed by atoms with van der Waals surface area (Å²) < 4.78 is 76.8. The molecule has 294 valence electrons. The van der Waals surface area contributed by atoms with Crippen molar-refractivity contribution in [1.82, 2.24) is 9.80 Å². The van der Waals surface area contributed by atoms with E-state index < -0.39 is 76.1 Å². The van der Waals surface area contributed by atoms with Crippen molar-refractivity contribution < 1.29 is 55.7 Å². The number of benzene rings is 2. The molecule has 0 heterocycles. The van der Waals surface area contributed by atoms with Crippen LogP contribution < -0.4 is 4.74 Å². The highest BCUT2D eigenvalue weighted by atomic mass is 19.2. The Morgan fingerprint density at radius 3 is 1.40 bits per heavy atom. The highest BCUT2D eigenvalue weighted by molar-refractivity contribution is 5.76. The second kappa shape index (κ2) is 17.9. The van der Waals surface area contributed by atoms with E-state index in [4.69, 9.17) is 14.2 Å². The summed E-state index contributed by atoms with van der Waals surface area (Å²) in [6, 6.07) is 5.91. The summed E-state index contributed by atoms with van der Waals surface area (Å²) in [6.07, 6.45) is 2.45. The zero-order valence-corrected chi connectivity index (χ0v) is 32.1. The van der Waals surface area contributed by atoms with Gasteiger partial charge in [-0.25, -0.2) is 8.78 Å². The largest absolute Gasteiger partial charge is 0.459 e. The van der Waals surface area contributed by atoms with Crippen molar-refractivity contribution in [3.05, 3.63) is 64.7 Å². The van der Waals surface area contributed by atoms with E-state index in [2.05, 4.69) is 4.74 Å². The predicted molar refractivity (Wildman–Crippen MR) is 188 cm³/mol. The molecule has 1 fully saturated rings. The second-order valence-corrected chi connectivity index (χ2v) is 16.3. The zero-order chi connectivity index (χ0) is 39.9. The van der Waals surface area contributed by atoms with E-state index in [0.717, 1.165) is 18.4 Å². The number of carbonyl (C=O) groups excluding carboxylic acids is 4. The quantitative estimate of drug-likeness (QED) is 0.0710. The monoisotopic (exact) mass is 752 g/mol. The van der Waals surface area contributed by atoms with Crippen molar-refractivity contribution >= 4 is 23.9 Å². The maximum Gasteiger partial charge on any atom is 0.320 e. The molecular formula is C39H52F4N2O8. The molecule has 0 bridgehead atoms. The Morgan fingerprint density at radius 2 is 0.981 bits per heavy atom. The smallest absolute Gasteiger partial charge is 0.320 e. The number of nitrogens with zero attached hydrogens (tertiary/aromatic N) is 2. The first-order valence-electron chi connectivity index (χ1n) is 17.7. The number of esters is 4. The molecule has 0 saturated heterocycles. The maximum absolute atomic E-state index is 14.0. The van der Waals surface area contributed by atoms with Crippen molar-refractivity contribution in [3.63, 3.8) is 0 Å². The molecule has 53 heavy (non-hydrogen) atoms. The molecule has 2 aromatic rings. The van der Waals surface area contributed by atoms with E-state index in [1.54, 1.807) is 91.5 Å². The van der Waals surface area contributed by atoms with Crippen molar-refractivity contribution in [3.8, 4) is 5.75 Å². The number of hydrogen-bond donors (Lipinski definition) is 0. The molecule has 0 aliphatic heterocycles. The lowest BCUT2D eigenvalue weighted by Crippen LogP contribution is -2.57. The summed E-state index contributed by atoms with van der Waals surface area (Å²) in [6.45, 7) is 15.6. The molecule has 2 aromatic carbocycles. The van der Waals surface area contributed by atoms with E-state index >= 15 is 0 Å². The molecule has 10 nitrogen and oxygen atoms in total. The Balaban J connectivity index is 1.89. The van der Waals surface area contributed by atoms with E-state index in [0.29, 0.717) is 18.4 Å². The van der Waals surface area contributed by atoms with Gasteiger partial charge in [0.05, 0.1) is 26.1 Å². The Kier molecular flexibility index (Phi) is 14.6. The Labute approximate surface area is 309 Å². The Morgan fingerprint density at radius 1 is 0.604 bits per heavy atom. The van der Waals surface area contributed by atoms with Gasteiger partial charge in [0.1, 0.15) is 16.8 Å². The van der Waals surface area contributed by atoms with Gasteiger partial charge in [0.2, 0.25) is 17.4 Å². The lowest BCUT2D eigenvalue weighted by atomic mass is 9.87. The third-order valence-electron chi connectivity index (χ3n) is 7.93. The fourth-order valence-electron chi connectivity index (χ4n) is 6.10. The SMILES string of the molecule is CC(C)(C)OC(=O)CN(CC(=O)OC(C)(C)C)[C@@H]1CCCC[C@H]1N(CC(=O)OC(C)(C)C)Cc1ccc(CC(=O)Oc2c(F)c(F)cc(F)c2F)cc1. The average Bonchev–Trinajstić information content (AvgIpc) is 2.99. The molecule has 1 aliphatic rings. The molecule has 14 heteroatoms. The van der Waals surface area contributed by atoms with Crippen LogP contribution in [0, 0.1) is 23.3 Å². The summed E-state index contributed by atoms with van der Waals surface area (Å²) in [5.74, 6) is -11.2. The van der Waals surface area contributed by atoms with Crippen LogP contribution in [0.3, 0.4) is 0 Å². The predicted octanol–water partition coefficient (Wildman–Crippen LogP) is 6.83. The molecule has 0 radical (unpaired) electrons. The summed E-state index contributed by atoms with van der Waals surface area (Å²) in [4.78, 5) is 55.8. The van der Waals surface area contributed by atoms with Crippen molar-refractivity contribution in [2.24, 2.45) is 0 Å². The van der Waals surface area contributed by atoms with Crippen LogP contribution in [0.4, 0.5) is 17.6 Å². The maximum atomic E-state index is 14.0. The first-order valence-corrected chi connectivity index (χ1v) is 17.7. The highest BCUT2D eigenvalue weighted by Crippen LogP contribution is 2.30. The molecule has 0 amide bonds. The minimum atomic E-state index is -1.82. The number of rotatable bonds is 13. The van der Waals surface area contributed by atoms with Gasteiger partial charge in [-0.05, 0) is 86.3 Å². The molecule has 1 saturated carbocycles. The van der Waals surface area contributed by atoms with Gasteiger partial charge in [0, 0.05) is 24.7 Å². The zero-order valence-electron chi connectivity index (χ0n) is 32.1. The van der Waals surface area contributed by atoms with Crippen LogP contribution in [0.5, 0.6) is 5.75 Å². The minimum Gasteiger partial charge on any atom is -0.459 e. The van der Waals surface area contributed by atoms with Crippen LogP contribution in [-0.2, 0) is 46.4 Å². The van der Waals surface area contributed by atoms with E-state index in [9.17, 15) is 36.7 Å². The van der Waals surface area contributed by atoms with Gasteiger partial charge in [0.25, 0.3) is 0 Å². The number of carbonyl (C=O) groups is 4. The van der Waals surface area contributed by atoms with Gasteiger partial charge in [0.15, 0.2) is 11.6 Å². The van der Waals surface area contributed by atoms with Gasteiger partial charge in [-0.2, -0.15) is 8.78 Å². The van der Waals surface area contributed by atoms with Crippen molar-refractivity contribution in [1.29, 1.82) is 0 Å². The standard InChI is InChI=1S/C39H52F4N2O8/c1-37(2,3)51-31(47)21-44(20-25-16-14-24(15-17-25)18-30(46)50-36-34(42)26(40)19-27(41)35(36)43)28-12-10-11-13-29(28)45(22-32(48)52-38(4,5)6)23-33(49)53-39(7,8)9/h14-17,19,28-29H,10-13,18,20-23H2,1-9H3/t28-,29-/m1/s1. The molecule has 3 rings (SSSR count). The topological polar surface area (TPSA) is 112 Å². The summed E-state index contributed by atoms with van der Waals surface area (Å²) >= 11 is 0. The highest BCUT2D eigenvalue weighted by Gasteiger charge is 2.38. The lowest BCUT2D eigenvalue weighted by molar-refractivity contribution is -0.164. The van der Waals surface area contributed by atoms with Gasteiger partial charge in [-0.1, -0.05) is 37.1 Å². The normalized spacial score (nSPS) is 16.7. The van der Waals surface area contributed by atoms with Crippen molar-refractivity contribution in [2.45, 2.75) is 130 Å². The van der Waals surface area contributed by atoms with Crippen molar-refractivity contribution in [2.75, 3.05) is 19.6 Å². The van der Waals surface area contributed by atoms with Crippen LogP contribution in [-0.4, -0.2) is 82.2 Å². The fraction of sp³-hybridized carbons (Fsp3) is 0.590. The summed E-state index contributed by atoms with van der Waals surface area (Å²) in [5.41, 5.74) is -1.16. The fourth-order valence-corrected chi connectivity index (χ4v) is 6.10. The molecule has 0 aromatic heterocycles. The first-order chi connectivity index (χ1) is 24.4. The van der Waals surface area contributed by atoms with Crippen LogP contribution >= 0.6 is 0 Å². The Bertz CT molecular complexity index is 1560. The number of hydrogen-bond acceptors (Lipinski definition) is 10. The van der Waals surface area contributed by atoms with E-state index in [1.807, 2.05) is 4.90 Å². The summed E-state index contributed by atoms with van der Waals surface area (Å²) in [7, 11) is 0. The number of halogens is 4. The van der Waals surface area contributed by atoms with Crippen LogP contribution in [0.2, 0.25) is 0 Å². The Hall–Kier alpha value is -4.04. The van der Waals surface area contributed by atoms with Crippen LogP contribution in [0.1, 0.15) is 99.1 Å². The third-order valence-corrected chi connectivity index (χ3v) is 7.93. The van der Waals surface area contributed by atoms with Gasteiger partial charge < -0.3 is 18.9 Å². The van der Waals surface area contributed by atoms with Gasteiger partial charge >= 0.3 is 23.9 Å².